The molecule has 146 valence electrons. The summed E-state index contributed by atoms with van der Waals surface area (Å²) in [6.45, 7) is 5.98. The molecule has 1 aromatic carbocycles. The fourth-order valence-electron chi connectivity index (χ4n) is 3.99. The van der Waals surface area contributed by atoms with Gasteiger partial charge >= 0.3 is 0 Å². The van der Waals surface area contributed by atoms with Crippen LogP contribution in [0, 0.1) is 5.92 Å². The van der Waals surface area contributed by atoms with E-state index in [2.05, 4.69) is 46.9 Å². The van der Waals surface area contributed by atoms with Crippen molar-refractivity contribution in [2.45, 2.75) is 45.7 Å². The van der Waals surface area contributed by atoms with Gasteiger partial charge in [-0.3, -0.25) is 4.79 Å². The van der Waals surface area contributed by atoms with Crippen molar-refractivity contribution in [3.05, 3.63) is 60.2 Å². The molecule has 2 aromatic heterocycles. The third-order valence-electron chi connectivity index (χ3n) is 5.32. The first-order chi connectivity index (χ1) is 13.6. The fourth-order valence-corrected chi connectivity index (χ4v) is 3.99. The SMILES string of the molecule is CC(C)[C@H]1c2cccn2CCN1C(=O)CCCc1nc(-c2ccccc2)no1. The topological polar surface area (TPSA) is 64.2 Å². The Balaban J connectivity index is 1.35. The van der Waals surface area contributed by atoms with Gasteiger partial charge in [0.2, 0.25) is 17.6 Å². The molecule has 0 unspecified atom stereocenters. The van der Waals surface area contributed by atoms with Crippen molar-refractivity contribution in [3.63, 3.8) is 0 Å². The zero-order valence-electron chi connectivity index (χ0n) is 16.4. The van der Waals surface area contributed by atoms with E-state index in [0.717, 1.165) is 18.7 Å². The lowest BCUT2D eigenvalue weighted by molar-refractivity contribution is -0.136. The number of hydrogen-bond acceptors (Lipinski definition) is 4. The minimum Gasteiger partial charge on any atom is -0.348 e. The molecule has 0 N–H and O–H groups in total. The van der Waals surface area contributed by atoms with E-state index < -0.39 is 0 Å². The summed E-state index contributed by atoms with van der Waals surface area (Å²) >= 11 is 0. The number of aryl methyl sites for hydroxylation is 1. The molecule has 0 fully saturated rings. The first kappa shape index (κ1) is 18.5. The Labute approximate surface area is 165 Å². The molecule has 1 aliphatic rings. The van der Waals surface area contributed by atoms with E-state index in [1.54, 1.807) is 0 Å². The first-order valence-electron chi connectivity index (χ1n) is 9.96. The number of hydrogen-bond donors (Lipinski definition) is 0. The molecule has 0 radical (unpaired) electrons. The Hall–Kier alpha value is -2.89. The quantitative estimate of drug-likeness (QED) is 0.648. The van der Waals surface area contributed by atoms with Crippen molar-refractivity contribution in [2.24, 2.45) is 5.92 Å². The average molecular weight is 378 g/mol. The number of nitrogens with zero attached hydrogens (tertiary/aromatic N) is 4. The molecule has 1 amide bonds. The molecule has 1 atom stereocenters. The van der Waals surface area contributed by atoms with E-state index >= 15 is 0 Å². The van der Waals surface area contributed by atoms with E-state index in [9.17, 15) is 4.79 Å². The van der Waals surface area contributed by atoms with Gasteiger partial charge < -0.3 is 14.0 Å². The van der Waals surface area contributed by atoms with E-state index in [1.807, 2.05) is 35.2 Å². The molecule has 4 rings (SSSR count). The molecule has 0 spiro atoms. The maximum atomic E-state index is 12.9. The Bertz CT molecular complexity index is 929. The van der Waals surface area contributed by atoms with Crippen LogP contribution in [0.2, 0.25) is 0 Å². The second kappa shape index (κ2) is 8.00. The molecule has 28 heavy (non-hydrogen) atoms. The van der Waals surface area contributed by atoms with Crippen LogP contribution in [-0.2, 0) is 17.8 Å². The van der Waals surface area contributed by atoms with Crippen molar-refractivity contribution in [1.82, 2.24) is 19.6 Å². The van der Waals surface area contributed by atoms with Crippen LogP contribution in [0.15, 0.2) is 53.2 Å². The highest BCUT2D eigenvalue weighted by Gasteiger charge is 2.32. The van der Waals surface area contributed by atoms with Gasteiger partial charge in [0.25, 0.3) is 0 Å². The summed E-state index contributed by atoms with van der Waals surface area (Å²) in [5.41, 5.74) is 2.17. The highest BCUT2D eigenvalue weighted by Crippen LogP contribution is 2.32. The molecule has 0 saturated carbocycles. The van der Waals surface area contributed by atoms with Crippen molar-refractivity contribution >= 4 is 5.91 Å². The minimum absolute atomic E-state index is 0.143. The van der Waals surface area contributed by atoms with Crippen molar-refractivity contribution in [3.8, 4) is 11.4 Å². The molecule has 3 aromatic rings. The van der Waals surface area contributed by atoms with Gasteiger partial charge in [0.05, 0.1) is 6.04 Å². The van der Waals surface area contributed by atoms with E-state index in [0.29, 0.717) is 36.9 Å². The molecule has 6 heteroatoms. The van der Waals surface area contributed by atoms with Gasteiger partial charge in [0.15, 0.2) is 0 Å². The number of fused-ring (bicyclic) bond motifs is 1. The lowest BCUT2D eigenvalue weighted by Crippen LogP contribution is -2.43. The Morgan fingerprint density at radius 3 is 2.79 bits per heavy atom. The van der Waals surface area contributed by atoms with Gasteiger partial charge in [0, 0.05) is 43.4 Å². The molecule has 1 aliphatic heterocycles. The van der Waals surface area contributed by atoms with Crippen molar-refractivity contribution in [2.75, 3.05) is 6.54 Å². The van der Waals surface area contributed by atoms with Gasteiger partial charge in [0.1, 0.15) is 0 Å². The third kappa shape index (κ3) is 3.72. The predicted octanol–water partition coefficient (Wildman–Crippen LogP) is 4.10. The Morgan fingerprint density at radius 2 is 2.00 bits per heavy atom. The van der Waals surface area contributed by atoms with Crippen LogP contribution in [0.3, 0.4) is 0 Å². The zero-order valence-corrected chi connectivity index (χ0v) is 16.4. The van der Waals surface area contributed by atoms with Gasteiger partial charge in [-0.05, 0) is 24.5 Å². The summed E-state index contributed by atoms with van der Waals surface area (Å²) in [6, 6.07) is 14.1. The largest absolute Gasteiger partial charge is 0.348 e. The van der Waals surface area contributed by atoms with Crippen LogP contribution in [0.1, 0.15) is 44.3 Å². The molecule has 0 aliphatic carbocycles. The van der Waals surface area contributed by atoms with Crippen molar-refractivity contribution in [1.29, 1.82) is 0 Å². The third-order valence-corrected chi connectivity index (χ3v) is 5.32. The highest BCUT2D eigenvalue weighted by atomic mass is 16.5. The van der Waals surface area contributed by atoms with Gasteiger partial charge in [-0.25, -0.2) is 0 Å². The van der Waals surface area contributed by atoms with E-state index in [4.69, 9.17) is 4.52 Å². The summed E-state index contributed by atoms with van der Waals surface area (Å²) < 4.78 is 7.61. The van der Waals surface area contributed by atoms with Gasteiger partial charge in [-0.2, -0.15) is 4.98 Å². The summed E-state index contributed by atoms with van der Waals surface area (Å²) in [5, 5.41) is 4.04. The average Bonchev–Trinajstić information content (AvgIpc) is 3.37. The van der Waals surface area contributed by atoms with E-state index in [1.165, 1.54) is 5.69 Å². The molecule has 0 bridgehead atoms. The maximum absolute atomic E-state index is 12.9. The van der Waals surface area contributed by atoms with Crippen LogP contribution in [-0.4, -0.2) is 32.1 Å². The minimum atomic E-state index is 0.143. The van der Waals surface area contributed by atoms with Crippen LogP contribution in [0.4, 0.5) is 0 Å². The molecule has 3 heterocycles. The van der Waals surface area contributed by atoms with Crippen LogP contribution < -0.4 is 0 Å². The molecular weight excluding hydrogens is 352 g/mol. The fraction of sp³-hybridized carbons (Fsp3) is 0.409. The predicted molar refractivity (Wildman–Crippen MR) is 106 cm³/mol. The monoisotopic (exact) mass is 378 g/mol. The number of carbonyl (C=O) groups excluding carboxylic acids is 1. The number of benzene rings is 1. The van der Waals surface area contributed by atoms with Gasteiger partial charge in [-0.1, -0.05) is 49.3 Å². The van der Waals surface area contributed by atoms with Crippen molar-refractivity contribution < 1.29 is 9.32 Å². The standard InChI is InChI=1S/C22H26N4O2/c1-16(2)21-18-10-7-13-25(18)14-15-26(21)20(27)12-6-11-19-23-22(24-28-19)17-8-4-3-5-9-17/h3-5,7-10,13,16,21H,6,11-12,14-15H2,1-2H3/t21-/m0/s1. The number of aromatic nitrogens is 3. The van der Waals surface area contributed by atoms with Crippen LogP contribution >= 0.6 is 0 Å². The highest BCUT2D eigenvalue weighted by molar-refractivity contribution is 5.76. The van der Waals surface area contributed by atoms with Crippen LogP contribution in [0.5, 0.6) is 0 Å². The second-order valence-electron chi connectivity index (χ2n) is 7.63. The van der Waals surface area contributed by atoms with E-state index in [-0.39, 0.29) is 11.9 Å². The van der Waals surface area contributed by atoms with Crippen LogP contribution in [0.25, 0.3) is 11.4 Å². The zero-order chi connectivity index (χ0) is 19.5. The summed E-state index contributed by atoms with van der Waals surface area (Å²) in [7, 11) is 0. The molecule has 6 nitrogen and oxygen atoms in total. The Kier molecular flexibility index (Phi) is 5.28. The Morgan fingerprint density at radius 1 is 1.18 bits per heavy atom. The normalized spacial score (nSPS) is 16.4. The smallest absolute Gasteiger partial charge is 0.226 e. The number of rotatable bonds is 6. The maximum Gasteiger partial charge on any atom is 0.226 e. The second-order valence-corrected chi connectivity index (χ2v) is 7.63. The lowest BCUT2D eigenvalue weighted by atomic mass is 9.96. The summed E-state index contributed by atoms with van der Waals surface area (Å²) in [6.07, 6.45) is 3.92. The number of carbonyl (C=O) groups is 1. The summed E-state index contributed by atoms with van der Waals surface area (Å²) in [5.74, 6) is 1.76. The summed E-state index contributed by atoms with van der Waals surface area (Å²) in [4.78, 5) is 19.4. The number of amides is 1. The lowest BCUT2D eigenvalue weighted by Gasteiger charge is -2.39. The molecular formula is C22H26N4O2. The first-order valence-corrected chi connectivity index (χ1v) is 9.96. The van der Waals surface area contributed by atoms with Gasteiger partial charge in [-0.15, -0.1) is 0 Å². The molecule has 0 saturated heterocycles.